The van der Waals surface area contributed by atoms with Gasteiger partial charge in [-0.15, -0.1) is 0 Å². The average Bonchev–Trinajstić information content (AvgIpc) is 2.36. The molecule has 0 spiro atoms. The molecule has 1 rings (SSSR count). The summed E-state index contributed by atoms with van der Waals surface area (Å²) in [7, 11) is 0. The summed E-state index contributed by atoms with van der Waals surface area (Å²) in [6.07, 6.45) is 1.91. The lowest BCUT2D eigenvalue weighted by Gasteiger charge is -2.11. The number of carbonyl (C=O) groups excluding carboxylic acids is 1. The number of ether oxygens (including phenoxy) is 1. The van der Waals surface area contributed by atoms with Crippen molar-refractivity contribution in [1.82, 2.24) is 0 Å². The van der Waals surface area contributed by atoms with E-state index >= 15 is 0 Å². The highest BCUT2D eigenvalue weighted by Crippen LogP contribution is 2.24. The monoisotopic (exact) mass is 232 g/mol. The largest absolute Gasteiger partial charge is 0.463 e. The van der Waals surface area contributed by atoms with Crippen molar-refractivity contribution in [2.75, 3.05) is 6.61 Å². The second kappa shape index (κ2) is 6.89. The van der Waals surface area contributed by atoms with Crippen LogP contribution in [-0.2, 0) is 9.53 Å². The smallest absolute Gasteiger partial charge is 0.333 e. The quantitative estimate of drug-likeness (QED) is 0.570. The van der Waals surface area contributed by atoms with Gasteiger partial charge in [-0.25, -0.2) is 4.79 Å². The summed E-state index contributed by atoms with van der Waals surface area (Å²) >= 11 is 0. The Labute approximate surface area is 103 Å². The fraction of sp³-hybridized carbons (Fsp3) is 0.400. The summed E-state index contributed by atoms with van der Waals surface area (Å²) < 4.78 is 5.06. The predicted molar refractivity (Wildman–Crippen MR) is 70.6 cm³/mol. The molecule has 0 aliphatic carbocycles. The predicted octanol–water partition coefficient (Wildman–Crippen LogP) is 3.82. The third-order valence-electron chi connectivity index (χ3n) is 2.66. The Bertz CT molecular complexity index is 391. The average molecular weight is 232 g/mol. The van der Waals surface area contributed by atoms with Crippen LogP contribution in [0.3, 0.4) is 0 Å². The lowest BCUT2D eigenvalue weighted by Crippen LogP contribution is -2.07. The number of rotatable bonds is 5. The van der Waals surface area contributed by atoms with E-state index in [4.69, 9.17) is 4.74 Å². The minimum atomic E-state index is -0.209. The molecular formula is C15H20O2. The fourth-order valence-electron chi connectivity index (χ4n) is 1.80. The van der Waals surface area contributed by atoms with Crippen LogP contribution >= 0.6 is 0 Å². The zero-order valence-corrected chi connectivity index (χ0v) is 10.8. The Kier molecular flexibility index (Phi) is 5.47. The Hall–Kier alpha value is -1.57. The molecule has 0 aromatic heterocycles. The van der Waals surface area contributed by atoms with Crippen LogP contribution in [0.4, 0.5) is 0 Å². The van der Waals surface area contributed by atoms with Gasteiger partial charge < -0.3 is 4.74 Å². The maximum atomic E-state index is 11.8. The molecule has 0 saturated carbocycles. The second-order valence-corrected chi connectivity index (χ2v) is 3.94. The van der Waals surface area contributed by atoms with Gasteiger partial charge in [0.05, 0.1) is 6.61 Å². The normalized spacial score (nSPS) is 11.9. The van der Waals surface area contributed by atoms with E-state index in [0.717, 1.165) is 29.6 Å². The molecule has 0 unspecified atom stereocenters. The number of hydrogen-bond acceptors (Lipinski definition) is 2. The van der Waals surface area contributed by atoms with Crippen molar-refractivity contribution in [2.24, 2.45) is 0 Å². The number of benzene rings is 1. The minimum Gasteiger partial charge on any atom is -0.463 e. The van der Waals surface area contributed by atoms with E-state index in [0.29, 0.717) is 6.61 Å². The molecule has 0 atom stereocenters. The van der Waals surface area contributed by atoms with Crippen LogP contribution in [0, 0.1) is 0 Å². The lowest BCUT2D eigenvalue weighted by atomic mass is 9.96. The van der Waals surface area contributed by atoms with Crippen LogP contribution in [0.2, 0.25) is 0 Å². The first-order valence-electron chi connectivity index (χ1n) is 6.13. The third-order valence-corrected chi connectivity index (χ3v) is 2.66. The molecule has 0 amide bonds. The van der Waals surface area contributed by atoms with Gasteiger partial charge in [0.2, 0.25) is 0 Å². The van der Waals surface area contributed by atoms with Crippen molar-refractivity contribution in [3.05, 3.63) is 41.5 Å². The van der Waals surface area contributed by atoms with Crippen LogP contribution < -0.4 is 0 Å². The summed E-state index contributed by atoms with van der Waals surface area (Å²) in [4.78, 5) is 11.8. The van der Waals surface area contributed by atoms with Gasteiger partial charge in [0.25, 0.3) is 0 Å². The van der Waals surface area contributed by atoms with Crippen LogP contribution in [-0.4, -0.2) is 12.6 Å². The molecule has 0 bridgehead atoms. The molecule has 17 heavy (non-hydrogen) atoms. The van der Waals surface area contributed by atoms with Gasteiger partial charge in [-0.05, 0) is 31.4 Å². The highest BCUT2D eigenvalue weighted by molar-refractivity contribution is 5.97. The first-order chi connectivity index (χ1) is 8.20. The first-order valence-corrected chi connectivity index (χ1v) is 6.13. The Morgan fingerprint density at radius 1 is 1.18 bits per heavy atom. The molecule has 92 valence electrons. The van der Waals surface area contributed by atoms with Crippen molar-refractivity contribution >= 4 is 11.5 Å². The van der Waals surface area contributed by atoms with Gasteiger partial charge in [0.15, 0.2) is 0 Å². The number of esters is 1. The Morgan fingerprint density at radius 2 is 1.82 bits per heavy atom. The van der Waals surface area contributed by atoms with Gasteiger partial charge in [0, 0.05) is 5.57 Å². The maximum absolute atomic E-state index is 11.8. The summed E-state index contributed by atoms with van der Waals surface area (Å²) in [5, 5.41) is 0. The first kappa shape index (κ1) is 13.5. The van der Waals surface area contributed by atoms with Crippen molar-refractivity contribution in [1.29, 1.82) is 0 Å². The van der Waals surface area contributed by atoms with Crippen molar-refractivity contribution in [3.8, 4) is 0 Å². The van der Waals surface area contributed by atoms with Crippen LogP contribution in [0.15, 0.2) is 35.9 Å². The van der Waals surface area contributed by atoms with Crippen LogP contribution in [0.25, 0.3) is 5.57 Å². The van der Waals surface area contributed by atoms with Gasteiger partial charge in [-0.3, -0.25) is 0 Å². The summed E-state index contributed by atoms with van der Waals surface area (Å²) in [5.41, 5.74) is 2.92. The molecular weight excluding hydrogens is 212 g/mol. The van der Waals surface area contributed by atoms with Crippen molar-refractivity contribution < 1.29 is 9.53 Å². The van der Waals surface area contributed by atoms with Gasteiger partial charge in [-0.1, -0.05) is 43.7 Å². The Balaban J connectivity index is 3.07. The zero-order valence-electron chi connectivity index (χ0n) is 10.8. The molecule has 0 heterocycles. The van der Waals surface area contributed by atoms with E-state index in [-0.39, 0.29) is 5.97 Å². The second-order valence-electron chi connectivity index (χ2n) is 3.94. The minimum absolute atomic E-state index is 0.209. The highest BCUT2D eigenvalue weighted by Gasteiger charge is 2.12. The highest BCUT2D eigenvalue weighted by atomic mass is 16.5. The molecule has 0 aliphatic rings. The van der Waals surface area contributed by atoms with E-state index in [1.54, 1.807) is 0 Å². The molecule has 0 saturated heterocycles. The summed E-state index contributed by atoms with van der Waals surface area (Å²) in [5.74, 6) is -0.209. The van der Waals surface area contributed by atoms with Crippen LogP contribution in [0.1, 0.15) is 39.2 Å². The number of carbonyl (C=O) groups is 1. The molecule has 1 aromatic carbocycles. The van der Waals surface area contributed by atoms with Crippen molar-refractivity contribution in [3.63, 3.8) is 0 Å². The Morgan fingerprint density at radius 3 is 2.35 bits per heavy atom. The molecule has 0 N–H and O–H groups in total. The maximum Gasteiger partial charge on any atom is 0.333 e. The third kappa shape index (κ3) is 3.74. The molecule has 0 radical (unpaired) electrons. The molecule has 2 heteroatoms. The van der Waals surface area contributed by atoms with E-state index in [1.165, 1.54) is 0 Å². The standard InChI is InChI=1S/C15H20O2/c1-4-9-14(12(3)15(16)17-5-2)13-10-7-6-8-11-13/h6-8,10-11H,4-5,9H2,1-3H3/b14-12+. The molecule has 0 fully saturated rings. The molecule has 1 aromatic rings. The van der Waals surface area contributed by atoms with Crippen molar-refractivity contribution in [2.45, 2.75) is 33.6 Å². The lowest BCUT2D eigenvalue weighted by molar-refractivity contribution is -0.138. The number of allylic oxidation sites excluding steroid dienone is 1. The van der Waals surface area contributed by atoms with Gasteiger partial charge in [-0.2, -0.15) is 0 Å². The molecule has 0 aliphatic heterocycles. The topological polar surface area (TPSA) is 26.3 Å². The summed E-state index contributed by atoms with van der Waals surface area (Å²) in [6, 6.07) is 10.0. The van der Waals surface area contributed by atoms with E-state index in [2.05, 4.69) is 6.92 Å². The van der Waals surface area contributed by atoms with Gasteiger partial charge in [0.1, 0.15) is 0 Å². The SMILES string of the molecule is CCC/C(=C(/C)C(=O)OCC)c1ccccc1. The molecule has 2 nitrogen and oxygen atoms in total. The van der Waals surface area contributed by atoms with Gasteiger partial charge >= 0.3 is 5.97 Å². The van der Waals surface area contributed by atoms with E-state index in [9.17, 15) is 4.79 Å². The van der Waals surface area contributed by atoms with E-state index < -0.39 is 0 Å². The summed E-state index contributed by atoms with van der Waals surface area (Å²) in [6.45, 7) is 6.20. The fourth-order valence-corrected chi connectivity index (χ4v) is 1.80. The van der Waals surface area contributed by atoms with E-state index in [1.807, 2.05) is 44.2 Å². The number of hydrogen-bond donors (Lipinski definition) is 0. The zero-order chi connectivity index (χ0) is 12.7. The van der Waals surface area contributed by atoms with Crippen LogP contribution in [0.5, 0.6) is 0 Å².